The molecular weight excluding hydrogens is 727 g/mol. The molecule has 4 rings (SSSR count). The number of fused-ring (bicyclic) bond motifs is 2. The van der Waals surface area contributed by atoms with E-state index >= 15 is 0 Å². The Hall–Kier alpha value is -3.07. The van der Waals surface area contributed by atoms with Crippen molar-refractivity contribution in [3.8, 4) is 11.5 Å². The Morgan fingerprint density at radius 2 is 1.24 bits per heavy atom. The van der Waals surface area contributed by atoms with Crippen LogP contribution in [0.25, 0.3) is 0 Å². The molecule has 0 heterocycles. The van der Waals surface area contributed by atoms with Crippen LogP contribution in [0.5, 0.6) is 11.5 Å². The average Bonchev–Trinajstić information content (AvgIpc) is 3.25. The van der Waals surface area contributed by atoms with E-state index in [0.29, 0.717) is 12.8 Å². The van der Waals surface area contributed by atoms with Crippen LogP contribution in [-0.4, -0.2) is 49.0 Å². The fourth-order valence-corrected chi connectivity index (χ4v) is 9.48. The third-order valence-corrected chi connectivity index (χ3v) is 11.9. The molecule has 0 aromatic heterocycles. The van der Waals surface area contributed by atoms with E-state index < -0.39 is 38.6 Å². The van der Waals surface area contributed by atoms with Crippen LogP contribution in [0.1, 0.15) is 53.9 Å². The zero-order chi connectivity index (χ0) is 34.2. The second kappa shape index (κ2) is 15.7. The lowest BCUT2D eigenvalue weighted by Gasteiger charge is -2.42. The van der Waals surface area contributed by atoms with Gasteiger partial charge in [-0.1, -0.05) is 33.6 Å². The van der Waals surface area contributed by atoms with Gasteiger partial charge in [-0.05, 0) is 68.3 Å². The number of ketones is 1. The second-order valence-corrected chi connectivity index (χ2v) is 15.9. The van der Waals surface area contributed by atoms with Gasteiger partial charge in [-0.25, -0.2) is 8.42 Å². The molecule has 2 bridgehead atoms. The van der Waals surface area contributed by atoms with E-state index in [4.69, 9.17) is 28.4 Å². The van der Waals surface area contributed by atoms with E-state index in [2.05, 4.69) is 44.0 Å². The van der Waals surface area contributed by atoms with Gasteiger partial charge < -0.3 is 33.0 Å². The molecule has 2 aromatic carbocycles. The highest BCUT2D eigenvalue weighted by Gasteiger charge is 2.73. The molecule has 2 aromatic rings. The topological polar surface area (TPSA) is 130 Å². The normalized spacial score (nSPS) is 23.1. The smallest absolute Gasteiger partial charge is 0.357 e. The Bertz CT molecular complexity index is 1400. The molecule has 12 heteroatoms. The van der Waals surface area contributed by atoms with Gasteiger partial charge in [0.1, 0.15) is 17.3 Å². The Kier molecular flexibility index (Phi) is 12.7. The van der Waals surface area contributed by atoms with Crippen molar-refractivity contribution in [2.24, 2.45) is 10.8 Å². The Morgan fingerprint density at radius 1 is 0.804 bits per heavy atom. The first-order chi connectivity index (χ1) is 21.6. The molecule has 2 aliphatic rings. The predicted octanol–water partition coefficient (Wildman–Crippen LogP) is 3.16. The molecule has 0 N–H and O–H groups in total. The van der Waals surface area contributed by atoms with Crippen molar-refractivity contribution in [2.75, 3.05) is 5.75 Å². The highest BCUT2D eigenvalue weighted by molar-refractivity contribution is 7.85. The standard InChI is InChI=1S/C20H22IO4.C14H22O6S/c1-5-22-15(3)24-19-11-7-17(8-12-19)21-18-9-13-20(14-10-18)25-16(4)23-6-2;1-5-19-10(2)20-14-7-6-13(11(15)8-14,12(14,3)4)9-21(16,17)18/h5-16H,1-2H2,3-4H3;5,10H,1,6-9H2,2-4H3,(H,16,17,18)/q+1;/p-1. The van der Waals surface area contributed by atoms with E-state index in [-0.39, 0.29) is 46.0 Å². The van der Waals surface area contributed by atoms with Gasteiger partial charge in [0.05, 0.1) is 40.3 Å². The van der Waals surface area contributed by atoms with Crippen molar-refractivity contribution in [3.63, 3.8) is 0 Å². The zero-order valence-corrected chi connectivity index (χ0v) is 29.9. The number of benzene rings is 2. The number of carbonyl (C=O) groups is 1. The summed E-state index contributed by atoms with van der Waals surface area (Å²) < 4.78 is 69.0. The van der Waals surface area contributed by atoms with E-state index in [0.717, 1.165) is 11.5 Å². The van der Waals surface area contributed by atoms with Crippen molar-refractivity contribution < 1.29 is 67.4 Å². The Labute approximate surface area is 282 Å². The first-order valence-corrected chi connectivity index (χ1v) is 18.5. The summed E-state index contributed by atoms with van der Waals surface area (Å²) >= 11 is -0.259. The van der Waals surface area contributed by atoms with Crippen LogP contribution in [0.2, 0.25) is 0 Å². The van der Waals surface area contributed by atoms with Crippen molar-refractivity contribution in [3.05, 3.63) is 94.2 Å². The van der Waals surface area contributed by atoms with Crippen LogP contribution >= 0.6 is 0 Å². The third kappa shape index (κ3) is 9.05. The van der Waals surface area contributed by atoms with E-state index in [9.17, 15) is 17.8 Å². The number of Topliss-reactive ketones (excluding diaryl/α,β-unsaturated/α-hetero) is 1. The fraction of sp³-hybridized carbons (Fsp3) is 0.441. The highest BCUT2D eigenvalue weighted by atomic mass is 127. The zero-order valence-electron chi connectivity index (χ0n) is 26.9. The molecule has 5 atom stereocenters. The van der Waals surface area contributed by atoms with Crippen LogP contribution in [0.3, 0.4) is 0 Å². The second-order valence-electron chi connectivity index (χ2n) is 11.5. The van der Waals surface area contributed by atoms with Gasteiger partial charge in [-0.15, -0.1) is 0 Å². The minimum absolute atomic E-state index is 0.111. The van der Waals surface area contributed by atoms with E-state index in [1.807, 2.05) is 38.1 Å². The third-order valence-electron chi connectivity index (χ3n) is 8.40. The van der Waals surface area contributed by atoms with E-state index in [1.54, 1.807) is 20.8 Å². The number of ether oxygens (including phenoxy) is 6. The molecule has 46 heavy (non-hydrogen) atoms. The number of hydrogen-bond acceptors (Lipinski definition) is 10. The summed E-state index contributed by atoms with van der Waals surface area (Å²) in [5.74, 6) is 0.696. The summed E-state index contributed by atoms with van der Waals surface area (Å²) in [5.41, 5.74) is -2.69. The molecule has 0 saturated heterocycles. The number of rotatable bonds is 16. The van der Waals surface area contributed by atoms with Crippen LogP contribution in [0, 0.1) is 18.0 Å². The van der Waals surface area contributed by atoms with Crippen molar-refractivity contribution in [2.45, 2.75) is 78.4 Å². The molecular formula is C34H43IO10S. The van der Waals surface area contributed by atoms with Crippen molar-refractivity contribution >= 4 is 15.9 Å². The summed E-state index contributed by atoms with van der Waals surface area (Å²) in [6.45, 7) is 19.4. The summed E-state index contributed by atoms with van der Waals surface area (Å²) in [6, 6.07) is 16.2. The predicted molar refractivity (Wildman–Crippen MR) is 167 cm³/mol. The SMILES string of the molecule is C=COC(C)OC12CCC(CS(=O)(=O)[O-])(C(=O)C1)C2(C)C.C=COC(C)Oc1ccc([I+]c2ccc(OC(C)OC=C)cc2)cc1. The Morgan fingerprint density at radius 3 is 1.63 bits per heavy atom. The first kappa shape index (κ1) is 37.4. The van der Waals surface area contributed by atoms with Crippen LogP contribution in [-0.2, 0) is 33.9 Å². The number of hydrogen-bond donors (Lipinski definition) is 0. The van der Waals surface area contributed by atoms with Gasteiger partial charge in [0.15, 0.2) is 13.4 Å². The molecule has 0 spiro atoms. The van der Waals surface area contributed by atoms with Gasteiger partial charge >= 0.3 is 21.2 Å². The van der Waals surface area contributed by atoms with Gasteiger partial charge in [0.2, 0.25) is 12.6 Å². The molecule has 2 saturated carbocycles. The molecule has 0 amide bonds. The van der Waals surface area contributed by atoms with Gasteiger partial charge in [-0.2, -0.15) is 0 Å². The van der Waals surface area contributed by atoms with Gasteiger partial charge in [0, 0.05) is 31.1 Å². The first-order valence-electron chi connectivity index (χ1n) is 14.7. The monoisotopic (exact) mass is 770 g/mol. The summed E-state index contributed by atoms with van der Waals surface area (Å²) in [5, 5.41) is 0. The largest absolute Gasteiger partial charge is 0.748 e. The molecule has 2 aliphatic carbocycles. The molecule has 2 fully saturated rings. The number of carbonyl (C=O) groups excluding carboxylic acids is 1. The Balaban J connectivity index is 0.000000254. The van der Waals surface area contributed by atoms with Crippen molar-refractivity contribution in [1.29, 1.82) is 0 Å². The molecule has 5 unspecified atom stereocenters. The average molecular weight is 771 g/mol. The minimum Gasteiger partial charge on any atom is -0.748 e. The van der Waals surface area contributed by atoms with Crippen LogP contribution in [0.4, 0.5) is 0 Å². The van der Waals surface area contributed by atoms with Gasteiger partial charge in [0.25, 0.3) is 0 Å². The summed E-state index contributed by atoms with van der Waals surface area (Å²) in [7, 11) is -4.49. The lowest BCUT2D eigenvalue weighted by Crippen LogP contribution is -3.61. The van der Waals surface area contributed by atoms with Crippen molar-refractivity contribution in [1.82, 2.24) is 0 Å². The van der Waals surface area contributed by atoms with Crippen LogP contribution < -0.4 is 30.7 Å². The summed E-state index contributed by atoms with van der Waals surface area (Å²) in [4.78, 5) is 12.5. The number of halogens is 1. The maximum atomic E-state index is 12.5. The lowest BCUT2D eigenvalue weighted by atomic mass is 9.69. The fourth-order valence-electron chi connectivity index (χ4n) is 6.05. The molecule has 10 nitrogen and oxygen atoms in total. The molecule has 252 valence electrons. The maximum Gasteiger partial charge on any atom is 0.357 e. The quantitative estimate of drug-likeness (QED) is 0.109. The lowest BCUT2D eigenvalue weighted by molar-refractivity contribution is -0.597. The molecule has 0 radical (unpaired) electrons. The summed E-state index contributed by atoms with van der Waals surface area (Å²) in [6.07, 6.45) is 3.72. The van der Waals surface area contributed by atoms with Gasteiger partial charge in [-0.3, -0.25) is 4.79 Å². The highest BCUT2D eigenvalue weighted by Crippen LogP contribution is 2.68. The minimum atomic E-state index is -4.49. The maximum absolute atomic E-state index is 12.5. The van der Waals surface area contributed by atoms with E-state index in [1.165, 1.54) is 25.9 Å². The van der Waals surface area contributed by atoms with Crippen LogP contribution in [0.15, 0.2) is 87.1 Å². The molecule has 0 aliphatic heterocycles.